The first kappa shape index (κ1) is 19.2. The van der Waals surface area contributed by atoms with Crippen molar-refractivity contribution in [3.05, 3.63) is 35.3 Å². The molecule has 0 saturated carbocycles. The summed E-state index contributed by atoms with van der Waals surface area (Å²) in [6.45, 7) is 8.65. The van der Waals surface area contributed by atoms with Gasteiger partial charge in [0.2, 0.25) is 0 Å². The van der Waals surface area contributed by atoms with Crippen molar-refractivity contribution in [2.24, 2.45) is 0 Å². The zero-order chi connectivity index (χ0) is 19.5. The molecule has 1 atom stereocenters. The standard InChI is InChI=1S/C21H31N5O2/c1-3-24(4-2)15-16-11-12-18(28-16)21(27)25-14-8-9-17(25)20-23-22-19-10-6-5-7-13-26(19)20/h11-12,17H,3-10,13-15H2,1-2H3. The smallest absolute Gasteiger partial charge is 0.290 e. The van der Waals surface area contributed by atoms with Crippen LogP contribution in [-0.2, 0) is 19.5 Å². The molecule has 2 aliphatic rings. The Morgan fingerprint density at radius 1 is 1.14 bits per heavy atom. The lowest BCUT2D eigenvalue weighted by Crippen LogP contribution is -2.32. The van der Waals surface area contributed by atoms with Gasteiger partial charge in [0.1, 0.15) is 11.6 Å². The highest BCUT2D eigenvalue weighted by Crippen LogP contribution is 2.33. The Bertz CT molecular complexity index is 808. The summed E-state index contributed by atoms with van der Waals surface area (Å²) in [5.41, 5.74) is 0. The van der Waals surface area contributed by atoms with Crippen LogP contribution < -0.4 is 0 Å². The zero-order valence-corrected chi connectivity index (χ0v) is 17.1. The monoisotopic (exact) mass is 385 g/mol. The van der Waals surface area contributed by atoms with Crippen molar-refractivity contribution in [3.63, 3.8) is 0 Å². The molecule has 1 saturated heterocycles. The minimum atomic E-state index is -0.0285. The van der Waals surface area contributed by atoms with Crippen LogP contribution in [0.1, 0.15) is 80.0 Å². The van der Waals surface area contributed by atoms with Crippen molar-refractivity contribution in [2.75, 3.05) is 19.6 Å². The van der Waals surface area contributed by atoms with Gasteiger partial charge in [-0.05, 0) is 50.9 Å². The van der Waals surface area contributed by atoms with Crippen molar-refractivity contribution < 1.29 is 9.21 Å². The van der Waals surface area contributed by atoms with Crippen molar-refractivity contribution in [1.29, 1.82) is 0 Å². The highest BCUT2D eigenvalue weighted by Gasteiger charge is 2.36. The number of aryl methyl sites for hydroxylation is 1. The molecule has 7 heteroatoms. The van der Waals surface area contributed by atoms with Gasteiger partial charge in [-0.2, -0.15) is 0 Å². The van der Waals surface area contributed by atoms with Gasteiger partial charge in [-0.3, -0.25) is 9.69 Å². The molecule has 4 rings (SSSR count). The second-order valence-electron chi connectivity index (χ2n) is 7.82. The van der Waals surface area contributed by atoms with Crippen LogP contribution in [0.3, 0.4) is 0 Å². The van der Waals surface area contributed by atoms with Crippen LogP contribution in [0.25, 0.3) is 0 Å². The van der Waals surface area contributed by atoms with Gasteiger partial charge in [0.25, 0.3) is 5.91 Å². The fourth-order valence-corrected chi connectivity index (χ4v) is 4.42. The average molecular weight is 386 g/mol. The predicted octanol–water partition coefficient (Wildman–Crippen LogP) is 3.42. The largest absolute Gasteiger partial charge is 0.455 e. The highest BCUT2D eigenvalue weighted by atomic mass is 16.4. The number of hydrogen-bond donors (Lipinski definition) is 0. The van der Waals surface area contributed by atoms with Crippen LogP contribution >= 0.6 is 0 Å². The summed E-state index contributed by atoms with van der Waals surface area (Å²) in [5, 5.41) is 8.93. The Hall–Kier alpha value is -2.15. The molecule has 152 valence electrons. The minimum Gasteiger partial charge on any atom is -0.455 e. The van der Waals surface area contributed by atoms with Crippen LogP contribution in [0.15, 0.2) is 16.5 Å². The lowest BCUT2D eigenvalue weighted by atomic mass is 10.2. The highest BCUT2D eigenvalue weighted by molar-refractivity contribution is 5.92. The van der Waals surface area contributed by atoms with E-state index in [1.54, 1.807) is 0 Å². The van der Waals surface area contributed by atoms with Gasteiger partial charge in [0.15, 0.2) is 11.6 Å². The number of furan rings is 1. The second kappa shape index (κ2) is 8.47. The molecule has 0 N–H and O–H groups in total. The molecule has 0 radical (unpaired) electrons. The third-order valence-electron chi connectivity index (χ3n) is 6.10. The Labute approximate surface area is 166 Å². The molecule has 7 nitrogen and oxygen atoms in total. The third kappa shape index (κ3) is 3.72. The fraction of sp³-hybridized carbons (Fsp3) is 0.667. The van der Waals surface area contributed by atoms with Crippen molar-refractivity contribution >= 4 is 5.91 Å². The van der Waals surface area contributed by atoms with Gasteiger partial charge in [-0.15, -0.1) is 10.2 Å². The predicted molar refractivity (Wildman–Crippen MR) is 106 cm³/mol. The average Bonchev–Trinajstić information content (AvgIpc) is 3.42. The maximum absolute atomic E-state index is 13.2. The normalized spacial score (nSPS) is 19.8. The summed E-state index contributed by atoms with van der Waals surface area (Å²) in [4.78, 5) is 17.4. The van der Waals surface area contributed by atoms with E-state index in [0.29, 0.717) is 5.76 Å². The van der Waals surface area contributed by atoms with Crippen molar-refractivity contribution in [1.82, 2.24) is 24.6 Å². The molecule has 28 heavy (non-hydrogen) atoms. The lowest BCUT2D eigenvalue weighted by Gasteiger charge is -2.24. The van der Waals surface area contributed by atoms with E-state index in [-0.39, 0.29) is 11.9 Å². The minimum absolute atomic E-state index is 0.00295. The summed E-state index contributed by atoms with van der Waals surface area (Å²) in [6, 6.07) is 3.75. The van der Waals surface area contributed by atoms with Crippen LogP contribution in [0.2, 0.25) is 0 Å². The molecule has 2 aromatic rings. The molecule has 0 spiro atoms. The third-order valence-corrected chi connectivity index (χ3v) is 6.10. The number of likely N-dealkylation sites (tertiary alicyclic amines) is 1. The van der Waals surface area contributed by atoms with E-state index in [9.17, 15) is 4.79 Å². The van der Waals surface area contributed by atoms with Gasteiger partial charge in [-0.25, -0.2) is 0 Å². The van der Waals surface area contributed by atoms with Gasteiger partial charge < -0.3 is 13.9 Å². The lowest BCUT2D eigenvalue weighted by molar-refractivity contribution is 0.0691. The van der Waals surface area contributed by atoms with E-state index in [1.807, 2.05) is 17.0 Å². The maximum atomic E-state index is 13.2. The maximum Gasteiger partial charge on any atom is 0.290 e. The first-order valence-corrected chi connectivity index (χ1v) is 10.7. The molecule has 1 amide bonds. The molecular formula is C21H31N5O2. The summed E-state index contributed by atoms with van der Waals surface area (Å²) in [6.07, 6.45) is 6.49. The first-order valence-electron chi connectivity index (χ1n) is 10.7. The van der Waals surface area contributed by atoms with Crippen LogP contribution in [0, 0.1) is 0 Å². The van der Waals surface area contributed by atoms with E-state index in [2.05, 4.69) is 33.5 Å². The Morgan fingerprint density at radius 2 is 2.00 bits per heavy atom. The number of carbonyl (C=O) groups excluding carboxylic acids is 1. The van der Waals surface area contributed by atoms with Gasteiger partial charge in [0, 0.05) is 19.5 Å². The fourth-order valence-electron chi connectivity index (χ4n) is 4.42. The number of hydrogen-bond acceptors (Lipinski definition) is 5. The van der Waals surface area contributed by atoms with Gasteiger partial charge in [-0.1, -0.05) is 20.3 Å². The number of nitrogens with zero attached hydrogens (tertiary/aromatic N) is 5. The number of rotatable bonds is 6. The summed E-state index contributed by atoms with van der Waals surface area (Å²) < 4.78 is 8.18. The van der Waals surface area contributed by atoms with E-state index in [1.165, 1.54) is 12.8 Å². The number of carbonyl (C=O) groups is 1. The summed E-state index contributed by atoms with van der Waals surface area (Å²) in [5.74, 6) is 3.28. The SMILES string of the molecule is CCN(CC)Cc1ccc(C(=O)N2CCCC2c2nnc3n2CCCCC3)o1. The van der Waals surface area contributed by atoms with Gasteiger partial charge >= 0.3 is 0 Å². The molecule has 1 unspecified atom stereocenters. The van der Waals surface area contributed by atoms with Crippen molar-refractivity contribution in [3.8, 4) is 0 Å². The number of fused-ring (bicyclic) bond motifs is 1. The van der Waals surface area contributed by atoms with E-state index >= 15 is 0 Å². The summed E-state index contributed by atoms with van der Waals surface area (Å²) in [7, 11) is 0. The number of amides is 1. The Morgan fingerprint density at radius 3 is 2.82 bits per heavy atom. The molecule has 0 aliphatic carbocycles. The van der Waals surface area contributed by atoms with E-state index in [0.717, 1.165) is 75.8 Å². The molecular weight excluding hydrogens is 354 g/mol. The molecule has 1 fully saturated rings. The van der Waals surface area contributed by atoms with Gasteiger partial charge in [0.05, 0.1) is 12.6 Å². The zero-order valence-electron chi connectivity index (χ0n) is 17.1. The summed E-state index contributed by atoms with van der Waals surface area (Å²) >= 11 is 0. The number of aromatic nitrogens is 3. The molecule has 4 heterocycles. The van der Waals surface area contributed by atoms with E-state index < -0.39 is 0 Å². The topological polar surface area (TPSA) is 67.4 Å². The Balaban J connectivity index is 1.52. The quantitative estimate of drug-likeness (QED) is 0.762. The second-order valence-corrected chi connectivity index (χ2v) is 7.82. The first-order chi connectivity index (χ1) is 13.7. The molecule has 0 aromatic carbocycles. The molecule has 2 aromatic heterocycles. The van der Waals surface area contributed by atoms with E-state index in [4.69, 9.17) is 4.42 Å². The molecule has 0 bridgehead atoms. The van der Waals surface area contributed by atoms with Crippen LogP contribution in [0.5, 0.6) is 0 Å². The van der Waals surface area contributed by atoms with Crippen molar-refractivity contribution in [2.45, 2.75) is 71.5 Å². The Kier molecular flexibility index (Phi) is 5.80. The van der Waals surface area contributed by atoms with Crippen LogP contribution in [0.4, 0.5) is 0 Å². The molecule has 2 aliphatic heterocycles. The van der Waals surface area contributed by atoms with Crippen LogP contribution in [-0.4, -0.2) is 50.1 Å².